The van der Waals surface area contributed by atoms with Gasteiger partial charge in [0, 0.05) is 11.6 Å². The first kappa shape index (κ1) is 17.2. The average molecular weight is 311 g/mol. The van der Waals surface area contributed by atoms with Gasteiger partial charge in [0.05, 0.1) is 13.7 Å². The largest absolute Gasteiger partial charge is 0.497 e. The van der Waals surface area contributed by atoms with Gasteiger partial charge < -0.3 is 19.9 Å². The molecule has 1 unspecified atom stereocenters. The maximum atomic E-state index is 11.9. The number of hydrogen-bond donors (Lipinski definition) is 1. The molecule has 1 atom stereocenters. The predicted molar refractivity (Wildman–Crippen MR) is 84.8 cm³/mol. The molecule has 0 saturated heterocycles. The van der Waals surface area contributed by atoms with Crippen LogP contribution in [-0.2, 0) is 9.53 Å². The van der Waals surface area contributed by atoms with E-state index in [4.69, 9.17) is 32.2 Å². The summed E-state index contributed by atoms with van der Waals surface area (Å²) in [6.07, 6.45) is 0.717. The highest BCUT2D eigenvalue weighted by Gasteiger charge is 2.21. The Labute approximate surface area is 130 Å². The fraction of sp³-hybridized carbons (Fsp3) is 0.467. The van der Waals surface area contributed by atoms with Crippen LogP contribution in [0, 0.1) is 0 Å². The van der Waals surface area contributed by atoms with Crippen molar-refractivity contribution in [2.24, 2.45) is 5.73 Å². The maximum Gasteiger partial charge on any atom is 0.347 e. The van der Waals surface area contributed by atoms with Crippen LogP contribution < -0.4 is 15.2 Å². The second-order valence-electron chi connectivity index (χ2n) is 4.41. The van der Waals surface area contributed by atoms with Gasteiger partial charge in [-0.25, -0.2) is 4.79 Å². The minimum Gasteiger partial charge on any atom is -0.497 e. The Bertz CT molecular complexity index is 504. The molecule has 1 aromatic carbocycles. The molecule has 116 valence electrons. The van der Waals surface area contributed by atoms with E-state index in [0.29, 0.717) is 30.1 Å². The van der Waals surface area contributed by atoms with Crippen LogP contribution in [0.4, 0.5) is 0 Å². The van der Waals surface area contributed by atoms with E-state index in [1.165, 1.54) is 7.11 Å². The smallest absolute Gasteiger partial charge is 0.347 e. The van der Waals surface area contributed by atoms with E-state index in [1.807, 2.05) is 6.92 Å². The van der Waals surface area contributed by atoms with Crippen LogP contribution in [0.3, 0.4) is 0 Å². The molecule has 0 radical (unpaired) electrons. The van der Waals surface area contributed by atoms with Crippen LogP contribution >= 0.6 is 12.2 Å². The van der Waals surface area contributed by atoms with Gasteiger partial charge >= 0.3 is 5.97 Å². The van der Waals surface area contributed by atoms with Gasteiger partial charge in [-0.05, 0) is 25.5 Å². The van der Waals surface area contributed by atoms with E-state index < -0.39 is 6.10 Å². The first-order chi connectivity index (χ1) is 10.0. The summed E-state index contributed by atoms with van der Waals surface area (Å²) in [5.74, 6) is 0.664. The molecule has 1 rings (SSSR count). The van der Waals surface area contributed by atoms with Crippen molar-refractivity contribution >= 4 is 23.2 Å². The number of carbonyl (C=O) groups excluding carboxylic acids is 1. The van der Waals surface area contributed by atoms with Crippen molar-refractivity contribution in [3.8, 4) is 11.5 Å². The summed E-state index contributed by atoms with van der Waals surface area (Å²) in [6.45, 7) is 4.05. The van der Waals surface area contributed by atoms with Crippen LogP contribution in [0.25, 0.3) is 0 Å². The lowest BCUT2D eigenvalue weighted by atomic mass is 10.2. The number of benzene rings is 1. The van der Waals surface area contributed by atoms with Crippen LogP contribution in [0.1, 0.15) is 32.3 Å². The van der Waals surface area contributed by atoms with Gasteiger partial charge in [-0.1, -0.05) is 25.6 Å². The maximum absolute atomic E-state index is 11.9. The number of esters is 1. The Morgan fingerprint density at radius 1 is 1.29 bits per heavy atom. The fourth-order valence-corrected chi connectivity index (χ4v) is 1.90. The summed E-state index contributed by atoms with van der Waals surface area (Å²) in [4.78, 5) is 12.1. The van der Waals surface area contributed by atoms with E-state index in [-0.39, 0.29) is 11.0 Å². The van der Waals surface area contributed by atoms with E-state index in [2.05, 4.69) is 0 Å². The number of hydrogen-bond acceptors (Lipinski definition) is 5. The highest BCUT2D eigenvalue weighted by Crippen LogP contribution is 2.24. The molecule has 5 nitrogen and oxygen atoms in total. The monoisotopic (exact) mass is 311 g/mol. The number of nitrogens with two attached hydrogens (primary N) is 1. The summed E-state index contributed by atoms with van der Waals surface area (Å²) < 4.78 is 15.9. The molecule has 0 spiro atoms. The zero-order valence-corrected chi connectivity index (χ0v) is 13.4. The third-order valence-electron chi connectivity index (χ3n) is 2.78. The third kappa shape index (κ3) is 5.23. The zero-order chi connectivity index (χ0) is 15.8. The molecule has 0 fully saturated rings. The molecule has 2 N–H and O–H groups in total. The highest BCUT2D eigenvalue weighted by atomic mass is 32.1. The SMILES string of the molecule is CCCC(Oc1cc(OC)cc(C(N)=S)c1)C(=O)OCC. The van der Waals surface area contributed by atoms with Crippen molar-refractivity contribution in [1.29, 1.82) is 0 Å². The molecule has 0 bridgehead atoms. The molecule has 0 aliphatic heterocycles. The van der Waals surface area contributed by atoms with Crippen molar-refractivity contribution in [3.63, 3.8) is 0 Å². The molecule has 1 aromatic rings. The second kappa shape index (κ2) is 8.46. The number of ether oxygens (including phenoxy) is 3. The van der Waals surface area contributed by atoms with Gasteiger partial charge in [-0.2, -0.15) is 0 Å². The Balaban J connectivity index is 2.99. The van der Waals surface area contributed by atoms with Crippen molar-refractivity contribution in [3.05, 3.63) is 23.8 Å². The molecule has 0 saturated carbocycles. The lowest BCUT2D eigenvalue weighted by Gasteiger charge is -2.18. The molecule has 21 heavy (non-hydrogen) atoms. The van der Waals surface area contributed by atoms with E-state index in [9.17, 15) is 4.79 Å². The van der Waals surface area contributed by atoms with Gasteiger partial charge in [-0.15, -0.1) is 0 Å². The van der Waals surface area contributed by atoms with Crippen molar-refractivity contribution in [2.75, 3.05) is 13.7 Å². The number of thiocarbonyl (C=S) groups is 1. The lowest BCUT2D eigenvalue weighted by Crippen LogP contribution is -2.29. The summed E-state index contributed by atoms with van der Waals surface area (Å²) in [7, 11) is 1.54. The topological polar surface area (TPSA) is 70.8 Å². The predicted octanol–water partition coefficient (Wildman–Crippen LogP) is 2.44. The molecule has 0 aliphatic carbocycles. The standard InChI is InChI=1S/C15H21NO4S/c1-4-6-13(15(17)19-5-2)20-12-8-10(14(16)21)7-11(9-12)18-3/h7-9,13H,4-6H2,1-3H3,(H2,16,21). The van der Waals surface area contributed by atoms with Crippen molar-refractivity contribution < 1.29 is 19.0 Å². The molecule has 0 heterocycles. The minimum atomic E-state index is -0.652. The normalized spacial score (nSPS) is 11.6. The summed E-state index contributed by atoms with van der Waals surface area (Å²) in [6, 6.07) is 5.09. The first-order valence-corrected chi connectivity index (χ1v) is 7.24. The lowest BCUT2D eigenvalue weighted by molar-refractivity contribution is -0.151. The van der Waals surface area contributed by atoms with Gasteiger partial charge in [-0.3, -0.25) is 0 Å². The first-order valence-electron chi connectivity index (χ1n) is 6.84. The Kier molecular flexibility index (Phi) is 6.94. The Morgan fingerprint density at radius 2 is 1.95 bits per heavy atom. The van der Waals surface area contributed by atoms with E-state index >= 15 is 0 Å². The molecular weight excluding hydrogens is 290 g/mol. The molecule has 6 heteroatoms. The van der Waals surface area contributed by atoms with Crippen molar-refractivity contribution in [2.45, 2.75) is 32.8 Å². The Morgan fingerprint density at radius 3 is 2.48 bits per heavy atom. The number of methoxy groups -OCH3 is 1. The third-order valence-corrected chi connectivity index (χ3v) is 3.01. The van der Waals surface area contributed by atoms with E-state index in [1.54, 1.807) is 25.1 Å². The summed E-state index contributed by atoms with van der Waals surface area (Å²) in [5, 5.41) is 0. The quantitative estimate of drug-likeness (QED) is 0.587. The van der Waals surface area contributed by atoms with Crippen LogP contribution in [0.5, 0.6) is 11.5 Å². The minimum absolute atomic E-state index is 0.238. The zero-order valence-electron chi connectivity index (χ0n) is 12.5. The summed E-state index contributed by atoms with van der Waals surface area (Å²) in [5.41, 5.74) is 6.26. The molecule has 0 amide bonds. The average Bonchev–Trinajstić information content (AvgIpc) is 2.46. The second-order valence-corrected chi connectivity index (χ2v) is 4.85. The Hall–Kier alpha value is -1.82. The van der Waals surface area contributed by atoms with Crippen LogP contribution in [0.2, 0.25) is 0 Å². The highest BCUT2D eigenvalue weighted by molar-refractivity contribution is 7.80. The van der Waals surface area contributed by atoms with Crippen LogP contribution in [0.15, 0.2) is 18.2 Å². The molecular formula is C15H21NO4S. The number of rotatable bonds is 8. The van der Waals surface area contributed by atoms with Gasteiger partial charge in [0.15, 0.2) is 6.10 Å². The summed E-state index contributed by atoms with van der Waals surface area (Å²) >= 11 is 4.96. The number of carbonyl (C=O) groups is 1. The van der Waals surface area contributed by atoms with Crippen LogP contribution in [-0.4, -0.2) is 30.8 Å². The van der Waals surface area contributed by atoms with Gasteiger partial charge in [0.25, 0.3) is 0 Å². The fourth-order valence-electron chi connectivity index (χ4n) is 1.79. The molecule has 0 aromatic heterocycles. The molecule has 0 aliphatic rings. The van der Waals surface area contributed by atoms with Gasteiger partial charge in [0.1, 0.15) is 16.5 Å². The van der Waals surface area contributed by atoms with E-state index in [0.717, 1.165) is 6.42 Å². The van der Waals surface area contributed by atoms with Gasteiger partial charge in [0.2, 0.25) is 0 Å². The van der Waals surface area contributed by atoms with Crippen molar-refractivity contribution in [1.82, 2.24) is 0 Å².